The standard InChI is InChI=1S/C31H28N2O4S/c1-4-37-21-15-12-19(13-16-21)18-26-30(34)33-28(24-10-7-11-25(35-2)29(24)36-3)23-17-14-20-8-5-6-9-22(20)27(23)32-31(33)38-26/h5-13,15-16,18,28H,4,14,17H2,1-3H3. The van der Waals surface area contributed by atoms with Crippen LogP contribution in [0.25, 0.3) is 11.8 Å². The summed E-state index contributed by atoms with van der Waals surface area (Å²) in [5, 5.41) is 0. The number of aromatic nitrogens is 1. The fourth-order valence-corrected chi connectivity index (χ4v) is 6.41. The highest BCUT2D eigenvalue weighted by atomic mass is 32.1. The van der Waals surface area contributed by atoms with E-state index in [0.29, 0.717) is 27.4 Å². The molecule has 0 spiro atoms. The molecule has 7 heteroatoms. The second-order valence-corrected chi connectivity index (χ2v) is 10.2. The number of allylic oxidation sites excluding steroid dienone is 1. The summed E-state index contributed by atoms with van der Waals surface area (Å²) in [6.07, 6.45) is 3.63. The van der Waals surface area contributed by atoms with Crippen LogP contribution in [-0.4, -0.2) is 25.4 Å². The summed E-state index contributed by atoms with van der Waals surface area (Å²) in [5.74, 6) is 2.08. The monoisotopic (exact) mass is 524 g/mol. The van der Waals surface area contributed by atoms with E-state index in [9.17, 15) is 4.79 Å². The molecule has 2 aliphatic rings. The minimum atomic E-state index is -0.345. The van der Waals surface area contributed by atoms with Crippen molar-refractivity contribution >= 4 is 23.1 Å². The van der Waals surface area contributed by atoms with Gasteiger partial charge >= 0.3 is 0 Å². The van der Waals surface area contributed by atoms with Gasteiger partial charge in [-0.25, -0.2) is 4.99 Å². The zero-order chi connectivity index (χ0) is 26.2. The molecule has 0 saturated heterocycles. The summed E-state index contributed by atoms with van der Waals surface area (Å²) in [7, 11) is 3.27. The van der Waals surface area contributed by atoms with Crippen molar-refractivity contribution < 1.29 is 14.2 Å². The Morgan fingerprint density at radius 3 is 2.58 bits per heavy atom. The molecular formula is C31H28N2O4S. The van der Waals surface area contributed by atoms with Crippen molar-refractivity contribution in [2.75, 3.05) is 20.8 Å². The molecule has 6 nitrogen and oxygen atoms in total. The van der Waals surface area contributed by atoms with Crippen molar-refractivity contribution in [3.63, 3.8) is 0 Å². The van der Waals surface area contributed by atoms with Crippen LogP contribution in [0.15, 0.2) is 82.1 Å². The molecule has 4 aromatic rings. The minimum absolute atomic E-state index is 0.0667. The van der Waals surface area contributed by atoms with Crippen molar-refractivity contribution in [1.82, 2.24) is 4.57 Å². The van der Waals surface area contributed by atoms with Gasteiger partial charge in [0.1, 0.15) is 5.75 Å². The third-order valence-electron chi connectivity index (χ3n) is 7.09. The van der Waals surface area contributed by atoms with E-state index >= 15 is 0 Å². The largest absolute Gasteiger partial charge is 0.494 e. The maximum atomic E-state index is 14.0. The molecule has 6 rings (SSSR count). The summed E-state index contributed by atoms with van der Waals surface area (Å²) < 4.78 is 19.5. The van der Waals surface area contributed by atoms with Crippen molar-refractivity contribution in [1.29, 1.82) is 0 Å². The van der Waals surface area contributed by atoms with E-state index in [1.54, 1.807) is 14.2 Å². The van der Waals surface area contributed by atoms with Gasteiger partial charge in [-0.2, -0.15) is 0 Å². The number of aryl methyl sites for hydroxylation is 1. The molecule has 0 amide bonds. The highest BCUT2D eigenvalue weighted by molar-refractivity contribution is 7.07. The van der Waals surface area contributed by atoms with Gasteiger partial charge in [0, 0.05) is 11.1 Å². The SMILES string of the molecule is CCOc1ccc(C=c2sc3n(c2=O)C(c2cccc(OC)c2OC)C2=C(N=3)c3ccccc3CC2)cc1. The van der Waals surface area contributed by atoms with E-state index in [-0.39, 0.29) is 11.6 Å². The number of thiazole rings is 1. The van der Waals surface area contributed by atoms with Crippen molar-refractivity contribution in [2.45, 2.75) is 25.8 Å². The molecule has 3 aromatic carbocycles. The molecule has 0 fully saturated rings. The van der Waals surface area contributed by atoms with Gasteiger partial charge in [0.2, 0.25) is 0 Å². The van der Waals surface area contributed by atoms with Gasteiger partial charge in [0.05, 0.1) is 37.1 Å². The van der Waals surface area contributed by atoms with Crippen LogP contribution in [0.2, 0.25) is 0 Å². The summed E-state index contributed by atoms with van der Waals surface area (Å²) >= 11 is 1.41. The lowest BCUT2D eigenvalue weighted by atomic mass is 9.83. The number of ether oxygens (including phenoxy) is 3. The maximum absolute atomic E-state index is 14.0. The topological polar surface area (TPSA) is 62.0 Å². The summed E-state index contributed by atoms with van der Waals surface area (Å²) in [6, 6.07) is 21.7. The number of rotatable bonds is 6. The highest BCUT2D eigenvalue weighted by Gasteiger charge is 2.34. The first-order valence-electron chi connectivity index (χ1n) is 12.7. The Morgan fingerprint density at radius 1 is 1.00 bits per heavy atom. The van der Waals surface area contributed by atoms with Gasteiger partial charge in [-0.3, -0.25) is 9.36 Å². The van der Waals surface area contributed by atoms with Gasteiger partial charge in [-0.1, -0.05) is 59.9 Å². The maximum Gasteiger partial charge on any atom is 0.271 e. The van der Waals surface area contributed by atoms with Crippen molar-refractivity contribution in [3.05, 3.63) is 114 Å². The van der Waals surface area contributed by atoms with E-state index < -0.39 is 0 Å². The molecule has 0 radical (unpaired) electrons. The number of benzene rings is 3. The van der Waals surface area contributed by atoms with E-state index in [1.165, 1.54) is 16.9 Å². The normalized spacial score (nSPS) is 16.3. The lowest BCUT2D eigenvalue weighted by molar-refractivity contribution is 0.340. The number of methoxy groups -OCH3 is 2. The molecule has 1 atom stereocenters. The zero-order valence-electron chi connectivity index (χ0n) is 21.6. The summed E-state index contributed by atoms with van der Waals surface area (Å²) in [4.78, 5) is 19.8. The third kappa shape index (κ3) is 4.03. The Labute approximate surface area is 224 Å². The van der Waals surface area contributed by atoms with Gasteiger partial charge < -0.3 is 14.2 Å². The minimum Gasteiger partial charge on any atom is -0.494 e. The number of hydrogen-bond donors (Lipinski definition) is 0. The van der Waals surface area contributed by atoms with Crippen LogP contribution in [-0.2, 0) is 6.42 Å². The second kappa shape index (κ2) is 9.99. The first-order valence-corrected chi connectivity index (χ1v) is 13.5. The van der Waals surface area contributed by atoms with Crippen molar-refractivity contribution in [3.8, 4) is 17.2 Å². The smallest absolute Gasteiger partial charge is 0.271 e. The predicted octanol–water partition coefficient (Wildman–Crippen LogP) is 4.73. The fraction of sp³-hybridized carbons (Fsp3) is 0.226. The van der Waals surface area contributed by atoms with Crippen LogP contribution in [0.5, 0.6) is 17.2 Å². The molecule has 1 aliphatic carbocycles. The molecule has 1 aliphatic heterocycles. The average molecular weight is 525 g/mol. The Hall–Kier alpha value is -4.10. The van der Waals surface area contributed by atoms with Crippen molar-refractivity contribution in [2.24, 2.45) is 4.99 Å². The van der Waals surface area contributed by atoms with Crippen LogP contribution >= 0.6 is 11.3 Å². The summed E-state index contributed by atoms with van der Waals surface area (Å²) in [5.41, 5.74) is 6.24. The highest BCUT2D eigenvalue weighted by Crippen LogP contribution is 2.45. The van der Waals surface area contributed by atoms with Crippen LogP contribution in [0.3, 0.4) is 0 Å². The first-order chi connectivity index (χ1) is 18.6. The average Bonchev–Trinajstić information content (AvgIpc) is 3.26. The van der Waals surface area contributed by atoms with Gasteiger partial charge in [0.15, 0.2) is 16.3 Å². The Bertz CT molecular complexity index is 1730. The first kappa shape index (κ1) is 24.2. The molecule has 192 valence electrons. The molecule has 0 N–H and O–H groups in total. The molecule has 0 bridgehead atoms. The van der Waals surface area contributed by atoms with E-state index in [0.717, 1.165) is 46.6 Å². The number of fused-ring (bicyclic) bond motifs is 3. The van der Waals surface area contributed by atoms with Gasteiger partial charge in [-0.15, -0.1) is 0 Å². The van der Waals surface area contributed by atoms with Crippen LogP contribution in [0.1, 0.15) is 41.6 Å². The van der Waals surface area contributed by atoms with Crippen LogP contribution in [0.4, 0.5) is 0 Å². The zero-order valence-corrected chi connectivity index (χ0v) is 22.4. The molecule has 1 unspecified atom stereocenters. The predicted molar refractivity (Wildman–Crippen MR) is 150 cm³/mol. The summed E-state index contributed by atoms with van der Waals surface area (Å²) in [6.45, 7) is 2.57. The van der Waals surface area contributed by atoms with Gasteiger partial charge in [0.25, 0.3) is 5.56 Å². The number of hydrogen-bond acceptors (Lipinski definition) is 6. The Morgan fingerprint density at radius 2 is 1.82 bits per heavy atom. The van der Waals surface area contributed by atoms with E-state index in [1.807, 2.05) is 66.1 Å². The molecular weight excluding hydrogens is 496 g/mol. The third-order valence-corrected chi connectivity index (χ3v) is 8.07. The molecule has 0 saturated carbocycles. The Kier molecular flexibility index (Phi) is 6.37. The van der Waals surface area contributed by atoms with E-state index in [2.05, 4.69) is 18.2 Å². The molecule has 2 heterocycles. The fourth-order valence-electron chi connectivity index (χ4n) is 5.40. The number of para-hydroxylation sites is 1. The van der Waals surface area contributed by atoms with Gasteiger partial charge in [-0.05, 0) is 60.7 Å². The lowest BCUT2D eigenvalue weighted by Gasteiger charge is -2.31. The number of nitrogens with zero attached hydrogens (tertiary/aromatic N) is 2. The molecule has 1 aromatic heterocycles. The van der Waals surface area contributed by atoms with Crippen LogP contribution in [0, 0.1) is 0 Å². The Balaban J connectivity index is 1.60. The lowest BCUT2D eigenvalue weighted by Crippen LogP contribution is -2.39. The van der Waals surface area contributed by atoms with Crippen LogP contribution < -0.4 is 29.1 Å². The second-order valence-electron chi connectivity index (χ2n) is 9.20. The van der Waals surface area contributed by atoms with E-state index in [4.69, 9.17) is 19.2 Å². The quantitative estimate of drug-likeness (QED) is 0.366. The molecule has 38 heavy (non-hydrogen) atoms.